The molecule has 0 fully saturated rings. The maximum atomic E-state index is 10.9. The lowest BCUT2D eigenvalue weighted by molar-refractivity contribution is 0.480. The molecular weight excluding hydrogens is 230 g/mol. The molecule has 0 aliphatic heterocycles. The van der Waals surface area contributed by atoms with Crippen molar-refractivity contribution < 1.29 is 18.1 Å². The molecule has 0 aromatic heterocycles. The summed E-state index contributed by atoms with van der Waals surface area (Å²) in [5.41, 5.74) is 0. The monoisotopic (exact) mass is 241 g/mol. The normalized spacial score (nSPS) is 11.1. The number of hydrogen-bond acceptors (Lipinski definition) is 4. The Kier molecular flexibility index (Phi) is 3.18. The van der Waals surface area contributed by atoms with Crippen molar-refractivity contribution >= 4 is 20.9 Å². The zero-order valence-corrected chi connectivity index (χ0v) is 9.11. The molecule has 0 bridgehead atoms. The van der Waals surface area contributed by atoms with Crippen molar-refractivity contribution in [3.8, 4) is 5.75 Å². The van der Waals surface area contributed by atoms with Crippen molar-refractivity contribution in [1.82, 2.24) is 6.15 Å². The highest BCUT2D eigenvalue weighted by molar-refractivity contribution is 7.85. The van der Waals surface area contributed by atoms with E-state index in [0.717, 1.165) is 0 Å². The van der Waals surface area contributed by atoms with Crippen LogP contribution in [-0.4, -0.2) is 18.1 Å². The van der Waals surface area contributed by atoms with E-state index >= 15 is 0 Å². The molecule has 2 aromatic carbocycles. The van der Waals surface area contributed by atoms with Crippen LogP contribution in [0.5, 0.6) is 5.75 Å². The third-order valence-corrected chi connectivity index (χ3v) is 2.98. The molecule has 2 aromatic rings. The molecule has 5 N–H and O–H groups in total. The van der Waals surface area contributed by atoms with Gasteiger partial charge in [0.2, 0.25) is 0 Å². The van der Waals surface area contributed by atoms with Gasteiger partial charge in [0.25, 0.3) is 10.1 Å². The lowest BCUT2D eigenvalue weighted by atomic mass is 10.1. The summed E-state index contributed by atoms with van der Waals surface area (Å²) >= 11 is 0. The van der Waals surface area contributed by atoms with E-state index in [2.05, 4.69) is 0 Å². The largest absolute Gasteiger partial charge is 0.507 e. The summed E-state index contributed by atoms with van der Waals surface area (Å²) < 4.78 is 30.5. The second-order valence-corrected chi connectivity index (χ2v) is 4.56. The summed E-state index contributed by atoms with van der Waals surface area (Å²) in [5.74, 6) is 0.0781. The minimum atomic E-state index is -4.19. The lowest BCUT2D eigenvalue weighted by Gasteiger charge is -2.02. The van der Waals surface area contributed by atoms with Gasteiger partial charge in [0.1, 0.15) is 5.75 Å². The predicted molar refractivity (Wildman–Crippen MR) is 60.4 cm³/mol. The van der Waals surface area contributed by atoms with Gasteiger partial charge in [-0.25, -0.2) is 0 Å². The van der Waals surface area contributed by atoms with Crippen molar-refractivity contribution in [1.29, 1.82) is 0 Å². The fourth-order valence-corrected chi connectivity index (χ4v) is 1.92. The number of fused-ring (bicyclic) bond motifs is 1. The second kappa shape index (κ2) is 4.09. The fourth-order valence-electron chi connectivity index (χ4n) is 1.41. The van der Waals surface area contributed by atoms with Crippen LogP contribution in [0, 0.1) is 0 Å². The van der Waals surface area contributed by atoms with Crippen LogP contribution in [0.3, 0.4) is 0 Å². The number of phenolic OH excluding ortho intramolecular Hbond substituents is 1. The molecular formula is C10H11NO4S. The van der Waals surface area contributed by atoms with E-state index in [1.54, 1.807) is 12.1 Å². The van der Waals surface area contributed by atoms with E-state index in [1.165, 1.54) is 24.3 Å². The van der Waals surface area contributed by atoms with Gasteiger partial charge in [-0.05, 0) is 29.7 Å². The Hall–Kier alpha value is -1.63. The Balaban J connectivity index is 0.00000128. The summed E-state index contributed by atoms with van der Waals surface area (Å²) in [5, 5.41) is 10.6. The predicted octanol–water partition coefficient (Wildman–Crippen LogP) is 1.95. The topological polar surface area (TPSA) is 110 Å². The minimum absolute atomic E-state index is 0. The highest BCUT2D eigenvalue weighted by Crippen LogP contribution is 2.26. The molecule has 0 spiro atoms. The quantitative estimate of drug-likeness (QED) is 0.661. The van der Waals surface area contributed by atoms with Crippen LogP contribution in [0.1, 0.15) is 0 Å². The first-order valence-corrected chi connectivity index (χ1v) is 5.62. The Morgan fingerprint density at radius 1 is 1.06 bits per heavy atom. The summed E-state index contributed by atoms with van der Waals surface area (Å²) in [6.07, 6.45) is 0. The van der Waals surface area contributed by atoms with Crippen molar-refractivity contribution in [2.24, 2.45) is 0 Å². The van der Waals surface area contributed by atoms with Gasteiger partial charge < -0.3 is 11.3 Å². The van der Waals surface area contributed by atoms with E-state index in [9.17, 15) is 13.5 Å². The standard InChI is InChI=1S/C10H8O4S.H3N/c11-10-3-1-2-7-6-8(15(12,13)14)4-5-9(7)10;/h1-6,11H,(H,12,13,14);1H3. The Bertz CT molecular complexity index is 622. The molecule has 2 rings (SSSR count). The van der Waals surface area contributed by atoms with E-state index in [1.807, 2.05) is 0 Å². The maximum absolute atomic E-state index is 10.9. The third-order valence-electron chi connectivity index (χ3n) is 2.13. The first kappa shape index (κ1) is 12.4. The molecule has 0 radical (unpaired) electrons. The summed E-state index contributed by atoms with van der Waals surface area (Å²) in [7, 11) is -4.19. The van der Waals surface area contributed by atoms with Gasteiger partial charge in [0.15, 0.2) is 0 Å². The van der Waals surface area contributed by atoms with E-state index in [4.69, 9.17) is 4.55 Å². The van der Waals surface area contributed by atoms with Gasteiger partial charge in [-0.1, -0.05) is 12.1 Å². The molecule has 0 heterocycles. The van der Waals surface area contributed by atoms with Crippen molar-refractivity contribution in [2.45, 2.75) is 4.90 Å². The molecule has 0 unspecified atom stereocenters. The van der Waals surface area contributed by atoms with E-state index < -0.39 is 10.1 Å². The zero-order chi connectivity index (χ0) is 11.1. The van der Waals surface area contributed by atoms with E-state index in [-0.39, 0.29) is 16.8 Å². The Labute approximate surface area is 92.7 Å². The number of benzene rings is 2. The van der Waals surface area contributed by atoms with Gasteiger partial charge in [-0.3, -0.25) is 4.55 Å². The summed E-state index contributed by atoms with van der Waals surface area (Å²) in [4.78, 5) is -0.180. The van der Waals surface area contributed by atoms with E-state index in [0.29, 0.717) is 10.8 Å². The first-order chi connectivity index (χ1) is 6.98. The molecule has 86 valence electrons. The SMILES string of the molecule is N.O=S(=O)(O)c1ccc2c(O)cccc2c1. The summed E-state index contributed by atoms with van der Waals surface area (Å²) in [6, 6.07) is 8.78. The fraction of sp³-hybridized carbons (Fsp3) is 0. The molecule has 0 aliphatic rings. The van der Waals surface area contributed by atoms with Crippen LogP contribution >= 0.6 is 0 Å². The lowest BCUT2D eigenvalue weighted by Crippen LogP contribution is -1.97. The highest BCUT2D eigenvalue weighted by atomic mass is 32.2. The molecule has 0 atom stereocenters. The van der Waals surface area contributed by atoms with Gasteiger partial charge >= 0.3 is 0 Å². The van der Waals surface area contributed by atoms with Crippen LogP contribution < -0.4 is 6.15 Å². The molecule has 0 saturated carbocycles. The smallest absolute Gasteiger partial charge is 0.294 e. The molecule has 0 amide bonds. The Morgan fingerprint density at radius 2 is 1.75 bits per heavy atom. The maximum Gasteiger partial charge on any atom is 0.294 e. The number of phenols is 1. The third kappa shape index (κ3) is 2.13. The number of hydrogen-bond donors (Lipinski definition) is 3. The Morgan fingerprint density at radius 3 is 2.38 bits per heavy atom. The first-order valence-electron chi connectivity index (χ1n) is 4.18. The van der Waals surface area contributed by atoms with Crippen molar-refractivity contribution in [2.75, 3.05) is 0 Å². The van der Waals surface area contributed by atoms with Crippen LogP contribution in [-0.2, 0) is 10.1 Å². The van der Waals surface area contributed by atoms with Crippen LogP contribution in [0.4, 0.5) is 0 Å². The average molecular weight is 241 g/mol. The molecule has 6 heteroatoms. The minimum Gasteiger partial charge on any atom is -0.507 e. The molecule has 0 aliphatic carbocycles. The second-order valence-electron chi connectivity index (χ2n) is 3.14. The molecule has 5 nitrogen and oxygen atoms in total. The molecule has 16 heavy (non-hydrogen) atoms. The zero-order valence-electron chi connectivity index (χ0n) is 8.29. The van der Waals surface area contributed by atoms with Gasteiger partial charge in [0, 0.05) is 5.39 Å². The van der Waals surface area contributed by atoms with Crippen LogP contribution in [0.15, 0.2) is 41.3 Å². The van der Waals surface area contributed by atoms with Crippen LogP contribution in [0.25, 0.3) is 10.8 Å². The average Bonchev–Trinajstić information content (AvgIpc) is 2.16. The van der Waals surface area contributed by atoms with Gasteiger partial charge in [0.05, 0.1) is 4.90 Å². The number of aromatic hydroxyl groups is 1. The van der Waals surface area contributed by atoms with Crippen LogP contribution in [0.2, 0.25) is 0 Å². The van der Waals surface area contributed by atoms with Gasteiger partial charge in [-0.15, -0.1) is 0 Å². The summed E-state index contributed by atoms with van der Waals surface area (Å²) in [6.45, 7) is 0. The van der Waals surface area contributed by atoms with Gasteiger partial charge in [-0.2, -0.15) is 8.42 Å². The molecule has 0 saturated heterocycles. The highest BCUT2D eigenvalue weighted by Gasteiger charge is 2.10. The van der Waals surface area contributed by atoms with Crippen molar-refractivity contribution in [3.63, 3.8) is 0 Å². The van der Waals surface area contributed by atoms with Crippen molar-refractivity contribution in [3.05, 3.63) is 36.4 Å². The number of rotatable bonds is 1.